The largest absolute Gasteiger partial charge is 0.387 e. The Bertz CT molecular complexity index is 458. The highest BCUT2D eigenvalue weighted by atomic mass is 32.1. The van der Waals surface area contributed by atoms with Crippen LogP contribution < -0.4 is 5.32 Å². The molecule has 1 aromatic carbocycles. The van der Waals surface area contributed by atoms with Crippen LogP contribution in [-0.2, 0) is 6.54 Å². The first-order valence-corrected chi connectivity index (χ1v) is 6.35. The van der Waals surface area contributed by atoms with Gasteiger partial charge < -0.3 is 10.4 Å². The first kappa shape index (κ1) is 12.2. The van der Waals surface area contributed by atoms with Gasteiger partial charge in [-0.25, -0.2) is 4.39 Å². The third-order valence-corrected chi connectivity index (χ3v) is 3.21. The van der Waals surface area contributed by atoms with Crippen molar-refractivity contribution in [3.05, 3.63) is 58.0 Å². The molecular formula is C13H14FNOS. The van der Waals surface area contributed by atoms with Gasteiger partial charge >= 0.3 is 0 Å². The molecule has 0 fully saturated rings. The second kappa shape index (κ2) is 5.91. The van der Waals surface area contributed by atoms with Crippen molar-refractivity contribution in [3.63, 3.8) is 0 Å². The summed E-state index contributed by atoms with van der Waals surface area (Å²) in [4.78, 5) is 0. The van der Waals surface area contributed by atoms with Gasteiger partial charge in [0.1, 0.15) is 5.82 Å². The Labute approximate surface area is 104 Å². The molecule has 2 nitrogen and oxygen atoms in total. The summed E-state index contributed by atoms with van der Waals surface area (Å²) >= 11 is 1.64. The van der Waals surface area contributed by atoms with E-state index in [9.17, 15) is 9.50 Å². The molecule has 0 saturated carbocycles. The summed E-state index contributed by atoms with van der Waals surface area (Å²) in [6.45, 7) is 1.13. The van der Waals surface area contributed by atoms with Crippen molar-refractivity contribution >= 4 is 11.3 Å². The zero-order valence-corrected chi connectivity index (χ0v) is 10.1. The Balaban J connectivity index is 1.83. The van der Waals surface area contributed by atoms with Crippen LogP contribution in [0.3, 0.4) is 0 Å². The zero-order valence-electron chi connectivity index (χ0n) is 9.27. The quantitative estimate of drug-likeness (QED) is 0.856. The van der Waals surface area contributed by atoms with Crippen LogP contribution in [0, 0.1) is 5.82 Å². The highest BCUT2D eigenvalue weighted by Gasteiger charge is 2.07. The molecule has 0 amide bonds. The third-order valence-electron chi connectivity index (χ3n) is 2.48. The molecule has 1 unspecified atom stereocenters. The van der Waals surface area contributed by atoms with Crippen molar-refractivity contribution in [2.45, 2.75) is 12.6 Å². The Hall–Kier alpha value is -1.23. The lowest BCUT2D eigenvalue weighted by Crippen LogP contribution is -2.20. The predicted molar refractivity (Wildman–Crippen MR) is 67.4 cm³/mol. The maximum Gasteiger partial charge on any atom is 0.123 e. The summed E-state index contributed by atoms with van der Waals surface area (Å²) in [5.74, 6) is -0.320. The molecule has 2 rings (SSSR count). The Kier molecular flexibility index (Phi) is 4.25. The van der Waals surface area contributed by atoms with Crippen LogP contribution in [-0.4, -0.2) is 11.7 Å². The highest BCUT2D eigenvalue weighted by Crippen LogP contribution is 2.13. The summed E-state index contributed by atoms with van der Waals surface area (Å²) in [5.41, 5.74) is 1.80. The number of benzene rings is 1. The van der Waals surface area contributed by atoms with Gasteiger partial charge in [0.05, 0.1) is 6.10 Å². The molecule has 1 heterocycles. The Morgan fingerprint density at radius 3 is 2.94 bits per heavy atom. The fraction of sp³-hybridized carbons (Fsp3) is 0.231. The number of thiophene rings is 1. The van der Waals surface area contributed by atoms with Gasteiger partial charge in [0.25, 0.3) is 0 Å². The van der Waals surface area contributed by atoms with Crippen LogP contribution in [0.15, 0.2) is 41.1 Å². The summed E-state index contributed by atoms with van der Waals surface area (Å²) in [5, 5.41) is 17.1. The van der Waals surface area contributed by atoms with Gasteiger partial charge in [0.2, 0.25) is 0 Å². The molecular weight excluding hydrogens is 237 g/mol. The first-order valence-electron chi connectivity index (χ1n) is 5.41. The topological polar surface area (TPSA) is 32.3 Å². The van der Waals surface area contributed by atoms with Crippen LogP contribution in [0.25, 0.3) is 0 Å². The molecule has 0 aliphatic rings. The SMILES string of the molecule is OC(CNCc1ccsc1)c1cccc(F)c1. The molecule has 0 aliphatic carbocycles. The standard InChI is InChI=1S/C13H14FNOS/c14-12-3-1-2-11(6-12)13(16)8-15-7-10-4-5-17-9-10/h1-6,9,13,15-16H,7-8H2. The van der Waals surface area contributed by atoms with E-state index >= 15 is 0 Å². The predicted octanol–water partition coefficient (Wildman–Crippen LogP) is 2.71. The van der Waals surface area contributed by atoms with Crippen molar-refractivity contribution in [3.8, 4) is 0 Å². The molecule has 1 aromatic heterocycles. The van der Waals surface area contributed by atoms with Crippen molar-refractivity contribution < 1.29 is 9.50 Å². The number of rotatable bonds is 5. The molecule has 0 bridgehead atoms. The van der Waals surface area contributed by atoms with Crippen LogP contribution >= 0.6 is 11.3 Å². The van der Waals surface area contributed by atoms with E-state index in [0.717, 1.165) is 6.54 Å². The Morgan fingerprint density at radius 1 is 1.35 bits per heavy atom. The molecule has 4 heteroatoms. The molecule has 0 radical (unpaired) electrons. The maximum atomic E-state index is 12.9. The number of aliphatic hydroxyl groups is 1. The van der Waals surface area contributed by atoms with Gasteiger partial charge in [-0.2, -0.15) is 11.3 Å². The molecule has 2 aromatic rings. The lowest BCUT2D eigenvalue weighted by atomic mass is 10.1. The second-order valence-electron chi connectivity index (χ2n) is 3.83. The normalized spacial score (nSPS) is 12.6. The van der Waals surface area contributed by atoms with Gasteiger partial charge in [0.15, 0.2) is 0 Å². The molecule has 2 N–H and O–H groups in total. The number of hydrogen-bond donors (Lipinski definition) is 2. The molecule has 0 spiro atoms. The zero-order chi connectivity index (χ0) is 12.1. The van der Waals surface area contributed by atoms with Gasteiger partial charge in [0, 0.05) is 13.1 Å². The van der Waals surface area contributed by atoms with Gasteiger partial charge in [-0.05, 0) is 40.1 Å². The lowest BCUT2D eigenvalue weighted by Gasteiger charge is -2.11. The van der Waals surface area contributed by atoms with E-state index in [4.69, 9.17) is 0 Å². The lowest BCUT2D eigenvalue weighted by molar-refractivity contribution is 0.174. The minimum absolute atomic E-state index is 0.320. The van der Waals surface area contributed by atoms with Gasteiger partial charge in [-0.3, -0.25) is 0 Å². The van der Waals surface area contributed by atoms with E-state index in [1.54, 1.807) is 23.5 Å². The summed E-state index contributed by atoms with van der Waals surface area (Å²) < 4.78 is 12.9. The van der Waals surface area contributed by atoms with E-state index in [-0.39, 0.29) is 5.82 Å². The number of aliphatic hydroxyl groups excluding tert-OH is 1. The maximum absolute atomic E-state index is 12.9. The van der Waals surface area contributed by atoms with Crippen LogP contribution in [0.2, 0.25) is 0 Å². The van der Waals surface area contributed by atoms with Gasteiger partial charge in [-0.15, -0.1) is 0 Å². The number of hydrogen-bond acceptors (Lipinski definition) is 3. The first-order chi connectivity index (χ1) is 8.25. The summed E-state index contributed by atoms with van der Waals surface area (Å²) in [6, 6.07) is 8.09. The van der Waals surface area contributed by atoms with E-state index in [2.05, 4.69) is 10.7 Å². The smallest absolute Gasteiger partial charge is 0.123 e. The monoisotopic (exact) mass is 251 g/mol. The Morgan fingerprint density at radius 2 is 2.24 bits per heavy atom. The van der Waals surface area contributed by atoms with Crippen molar-refractivity contribution in [2.24, 2.45) is 0 Å². The van der Waals surface area contributed by atoms with E-state index < -0.39 is 6.10 Å². The van der Waals surface area contributed by atoms with Crippen LogP contribution in [0.1, 0.15) is 17.2 Å². The van der Waals surface area contributed by atoms with E-state index in [0.29, 0.717) is 12.1 Å². The fourth-order valence-corrected chi connectivity index (χ4v) is 2.25. The average molecular weight is 251 g/mol. The number of nitrogens with one attached hydrogen (secondary N) is 1. The van der Waals surface area contributed by atoms with E-state index in [1.165, 1.54) is 17.7 Å². The molecule has 1 atom stereocenters. The minimum Gasteiger partial charge on any atom is -0.387 e. The summed E-state index contributed by atoms with van der Waals surface area (Å²) in [6.07, 6.45) is -0.677. The van der Waals surface area contributed by atoms with Gasteiger partial charge in [-0.1, -0.05) is 12.1 Å². The molecule has 0 saturated heterocycles. The average Bonchev–Trinajstić information content (AvgIpc) is 2.82. The van der Waals surface area contributed by atoms with Crippen molar-refractivity contribution in [2.75, 3.05) is 6.54 Å². The van der Waals surface area contributed by atoms with Crippen LogP contribution in [0.4, 0.5) is 4.39 Å². The van der Waals surface area contributed by atoms with E-state index in [1.807, 2.05) is 11.4 Å². The molecule has 0 aliphatic heterocycles. The second-order valence-corrected chi connectivity index (χ2v) is 4.61. The highest BCUT2D eigenvalue weighted by molar-refractivity contribution is 7.07. The fourth-order valence-electron chi connectivity index (χ4n) is 1.58. The third kappa shape index (κ3) is 3.63. The van der Waals surface area contributed by atoms with Crippen molar-refractivity contribution in [1.82, 2.24) is 5.32 Å². The molecule has 90 valence electrons. The van der Waals surface area contributed by atoms with Crippen molar-refractivity contribution in [1.29, 1.82) is 0 Å². The summed E-state index contributed by atoms with van der Waals surface area (Å²) in [7, 11) is 0. The molecule has 17 heavy (non-hydrogen) atoms. The van der Waals surface area contributed by atoms with Crippen LogP contribution in [0.5, 0.6) is 0 Å². The number of halogens is 1. The minimum atomic E-state index is -0.677.